The van der Waals surface area contributed by atoms with Crippen LogP contribution in [0.5, 0.6) is 0 Å². The molecular formula is C27H42N4O3. The smallest absolute Gasteiger partial charge is 0.240 e. The molecule has 1 atom stereocenters. The van der Waals surface area contributed by atoms with Gasteiger partial charge in [0.25, 0.3) is 0 Å². The Morgan fingerprint density at radius 1 is 1.06 bits per heavy atom. The van der Waals surface area contributed by atoms with E-state index in [4.69, 9.17) is 10.5 Å². The highest BCUT2D eigenvalue weighted by Crippen LogP contribution is 2.27. The number of nitrogens with two attached hydrogens (primary N) is 1. The molecule has 0 spiro atoms. The van der Waals surface area contributed by atoms with E-state index in [2.05, 4.69) is 22.3 Å². The number of hydrogen-bond acceptors (Lipinski definition) is 5. The highest BCUT2D eigenvalue weighted by molar-refractivity contribution is 5.86. The number of hydrogen-bond donors (Lipinski definition) is 2. The Kier molecular flexibility index (Phi) is 8.98. The van der Waals surface area contributed by atoms with Gasteiger partial charge in [0.1, 0.15) is 0 Å². The maximum absolute atomic E-state index is 13.0. The molecular weight excluding hydrogens is 428 g/mol. The first-order chi connectivity index (χ1) is 16.5. The summed E-state index contributed by atoms with van der Waals surface area (Å²) in [6, 6.07) is 10.1. The lowest BCUT2D eigenvalue weighted by Crippen LogP contribution is -2.55. The van der Waals surface area contributed by atoms with Crippen molar-refractivity contribution in [2.75, 3.05) is 45.9 Å². The zero-order valence-corrected chi connectivity index (χ0v) is 20.6. The van der Waals surface area contributed by atoms with Gasteiger partial charge < -0.3 is 20.7 Å². The fraction of sp³-hybridized carbons (Fsp3) is 0.704. The van der Waals surface area contributed by atoms with Crippen LogP contribution in [0.4, 0.5) is 0 Å². The Morgan fingerprint density at radius 3 is 2.41 bits per heavy atom. The van der Waals surface area contributed by atoms with E-state index in [0.717, 1.165) is 96.8 Å². The standard InChI is InChI=1S/C27H42N4O3/c28-27(12-4-5-13-27)26(33)29-24(20-22-6-2-1-3-7-22)8-9-25(32)31-16-14-30(15-17-31)21-23-10-18-34-19-11-23/h1-3,6-7,23-24H,4-5,8-21,28H2,(H,29,33). The van der Waals surface area contributed by atoms with Gasteiger partial charge in [-0.3, -0.25) is 14.5 Å². The maximum Gasteiger partial charge on any atom is 0.240 e. The van der Waals surface area contributed by atoms with E-state index < -0.39 is 5.54 Å². The quantitative estimate of drug-likeness (QED) is 0.578. The monoisotopic (exact) mass is 470 g/mol. The molecule has 3 aliphatic rings. The van der Waals surface area contributed by atoms with Crippen molar-refractivity contribution in [2.24, 2.45) is 11.7 Å². The Labute approximate surface area is 204 Å². The molecule has 1 unspecified atom stereocenters. The van der Waals surface area contributed by atoms with E-state index in [9.17, 15) is 9.59 Å². The molecule has 0 bridgehead atoms. The first-order valence-corrected chi connectivity index (χ1v) is 13.2. The predicted octanol–water partition coefficient (Wildman–Crippen LogP) is 2.34. The van der Waals surface area contributed by atoms with Crippen molar-refractivity contribution >= 4 is 11.8 Å². The summed E-state index contributed by atoms with van der Waals surface area (Å²) in [4.78, 5) is 30.5. The Hall–Kier alpha value is -1.96. The first kappa shape index (κ1) is 25.1. The highest BCUT2D eigenvalue weighted by atomic mass is 16.5. The molecule has 0 aromatic heterocycles. The van der Waals surface area contributed by atoms with E-state index in [1.165, 1.54) is 5.56 Å². The molecule has 2 heterocycles. The SMILES string of the molecule is NC1(C(=O)NC(CCC(=O)N2CCN(CC3CCOCC3)CC2)Cc2ccccc2)CCCC1. The molecule has 4 rings (SSSR count). The highest BCUT2D eigenvalue weighted by Gasteiger charge is 2.38. The molecule has 1 aromatic carbocycles. The van der Waals surface area contributed by atoms with Crippen molar-refractivity contribution < 1.29 is 14.3 Å². The summed E-state index contributed by atoms with van der Waals surface area (Å²) in [6.45, 7) is 6.38. The van der Waals surface area contributed by atoms with Crippen molar-refractivity contribution in [3.8, 4) is 0 Å². The van der Waals surface area contributed by atoms with E-state index >= 15 is 0 Å². The zero-order valence-electron chi connectivity index (χ0n) is 20.6. The van der Waals surface area contributed by atoms with E-state index in [-0.39, 0.29) is 17.9 Å². The van der Waals surface area contributed by atoms with Crippen LogP contribution < -0.4 is 11.1 Å². The van der Waals surface area contributed by atoms with Gasteiger partial charge in [-0.2, -0.15) is 0 Å². The van der Waals surface area contributed by atoms with Gasteiger partial charge in [-0.25, -0.2) is 0 Å². The van der Waals surface area contributed by atoms with Gasteiger partial charge in [0.2, 0.25) is 11.8 Å². The van der Waals surface area contributed by atoms with Crippen molar-refractivity contribution in [1.29, 1.82) is 0 Å². The predicted molar refractivity (Wildman–Crippen MR) is 133 cm³/mol. The minimum absolute atomic E-state index is 0.0555. The van der Waals surface area contributed by atoms with Gasteiger partial charge in [-0.15, -0.1) is 0 Å². The fourth-order valence-electron chi connectivity index (χ4n) is 5.62. The number of piperazine rings is 1. The lowest BCUT2D eigenvalue weighted by molar-refractivity contribution is -0.134. The second-order valence-electron chi connectivity index (χ2n) is 10.5. The van der Waals surface area contributed by atoms with Crippen molar-refractivity contribution in [3.05, 3.63) is 35.9 Å². The number of benzene rings is 1. The van der Waals surface area contributed by atoms with Gasteiger partial charge >= 0.3 is 0 Å². The third-order valence-corrected chi connectivity index (χ3v) is 7.90. The molecule has 7 nitrogen and oxygen atoms in total. The van der Waals surface area contributed by atoms with Gasteiger partial charge in [-0.1, -0.05) is 43.2 Å². The van der Waals surface area contributed by atoms with Crippen LogP contribution in [0, 0.1) is 5.92 Å². The third kappa shape index (κ3) is 7.03. The average molecular weight is 471 g/mol. The molecule has 1 aliphatic carbocycles. The topological polar surface area (TPSA) is 87.9 Å². The summed E-state index contributed by atoms with van der Waals surface area (Å²) in [5, 5.41) is 3.21. The first-order valence-electron chi connectivity index (χ1n) is 13.2. The van der Waals surface area contributed by atoms with Crippen molar-refractivity contribution in [1.82, 2.24) is 15.1 Å². The number of nitrogens with one attached hydrogen (secondary N) is 1. The second-order valence-corrected chi connectivity index (χ2v) is 10.5. The number of nitrogens with zero attached hydrogens (tertiary/aromatic N) is 2. The molecule has 1 saturated carbocycles. The summed E-state index contributed by atoms with van der Waals surface area (Å²) in [7, 11) is 0. The number of ether oxygens (including phenoxy) is 1. The summed E-state index contributed by atoms with van der Waals surface area (Å²) >= 11 is 0. The molecule has 188 valence electrons. The molecule has 1 aromatic rings. The van der Waals surface area contributed by atoms with Crippen LogP contribution in [0.3, 0.4) is 0 Å². The van der Waals surface area contributed by atoms with Gasteiger partial charge in [0, 0.05) is 58.4 Å². The molecule has 34 heavy (non-hydrogen) atoms. The Morgan fingerprint density at radius 2 is 1.74 bits per heavy atom. The molecule has 7 heteroatoms. The number of rotatable bonds is 9. The van der Waals surface area contributed by atoms with Crippen LogP contribution in [0.1, 0.15) is 56.9 Å². The van der Waals surface area contributed by atoms with Crippen molar-refractivity contribution in [2.45, 2.75) is 69.4 Å². The lowest BCUT2D eigenvalue weighted by Gasteiger charge is -2.37. The largest absolute Gasteiger partial charge is 0.381 e. The fourth-order valence-corrected chi connectivity index (χ4v) is 5.62. The molecule has 2 amide bonds. The molecule has 0 radical (unpaired) electrons. The van der Waals surface area contributed by atoms with Gasteiger partial charge in [0.15, 0.2) is 0 Å². The zero-order chi connectivity index (χ0) is 23.8. The minimum atomic E-state index is -0.750. The third-order valence-electron chi connectivity index (χ3n) is 7.90. The normalized spacial score (nSPS) is 22.4. The number of carbonyl (C=O) groups is 2. The molecule has 3 N–H and O–H groups in total. The van der Waals surface area contributed by atoms with E-state index in [0.29, 0.717) is 12.8 Å². The minimum Gasteiger partial charge on any atom is -0.381 e. The Bertz CT molecular complexity index is 782. The van der Waals surface area contributed by atoms with E-state index in [1.807, 2.05) is 23.1 Å². The molecule has 2 aliphatic heterocycles. The second kappa shape index (κ2) is 12.1. The average Bonchev–Trinajstić information content (AvgIpc) is 3.32. The van der Waals surface area contributed by atoms with Crippen LogP contribution in [0.15, 0.2) is 30.3 Å². The lowest BCUT2D eigenvalue weighted by atomic mass is 9.95. The van der Waals surface area contributed by atoms with Crippen LogP contribution >= 0.6 is 0 Å². The summed E-state index contributed by atoms with van der Waals surface area (Å²) in [5.41, 5.74) is 6.81. The van der Waals surface area contributed by atoms with Crippen LogP contribution in [-0.4, -0.2) is 79.1 Å². The van der Waals surface area contributed by atoms with E-state index in [1.54, 1.807) is 0 Å². The van der Waals surface area contributed by atoms with Crippen LogP contribution in [-0.2, 0) is 20.7 Å². The van der Waals surface area contributed by atoms with Crippen LogP contribution in [0.2, 0.25) is 0 Å². The molecule has 3 fully saturated rings. The van der Waals surface area contributed by atoms with Gasteiger partial charge in [0.05, 0.1) is 5.54 Å². The van der Waals surface area contributed by atoms with Crippen molar-refractivity contribution in [3.63, 3.8) is 0 Å². The molecule has 2 saturated heterocycles. The maximum atomic E-state index is 13.0. The summed E-state index contributed by atoms with van der Waals surface area (Å²) in [5.74, 6) is 0.866. The van der Waals surface area contributed by atoms with Crippen LogP contribution in [0.25, 0.3) is 0 Å². The van der Waals surface area contributed by atoms with Gasteiger partial charge in [-0.05, 0) is 50.0 Å². The Balaban J connectivity index is 1.26. The number of carbonyl (C=O) groups excluding carboxylic acids is 2. The summed E-state index contributed by atoms with van der Waals surface area (Å²) < 4.78 is 5.47. The number of amides is 2. The summed E-state index contributed by atoms with van der Waals surface area (Å²) in [6.07, 6.45) is 7.61.